The topological polar surface area (TPSA) is 101 Å². The SMILES string of the molecule is Cc1cc(C)cc(C(NC(=O)c2cnc3sc(C)c(C)n3c2=O)C(=O)O)c1. The second-order valence-electron chi connectivity index (χ2n) is 6.50. The Labute approximate surface area is 159 Å². The number of amides is 1. The molecular formula is C19H19N3O4S. The van der Waals surface area contributed by atoms with Gasteiger partial charge in [0.1, 0.15) is 5.56 Å². The molecule has 1 aromatic carbocycles. The molecule has 0 fully saturated rings. The van der Waals surface area contributed by atoms with Crippen LogP contribution in [0.25, 0.3) is 4.96 Å². The first-order valence-electron chi connectivity index (χ1n) is 8.28. The van der Waals surface area contributed by atoms with Crippen LogP contribution in [0.3, 0.4) is 0 Å². The highest BCUT2D eigenvalue weighted by molar-refractivity contribution is 7.17. The lowest BCUT2D eigenvalue weighted by Crippen LogP contribution is -2.37. The Morgan fingerprint density at radius 1 is 1.15 bits per heavy atom. The lowest BCUT2D eigenvalue weighted by atomic mass is 10.0. The Hall–Kier alpha value is -3.00. The number of aliphatic carboxylic acids is 1. The third kappa shape index (κ3) is 3.48. The maximum atomic E-state index is 12.7. The first-order chi connectivity index (χ1) is 12.7. The number of carbonyl (C=O) groups excluding carboxylic acids is 1. The van der Waals surface area contributed by atoms with Crippen LogP contribution < -0.4 is 10.9 Å². The molecule has 0 aliphatic rings. The lowest BCUT2D eigenvalue weighted by molar-refractivity contribution is -0.139. The van der Waals surface area contributed by atoms with Crippen LogP contribution in [0.5, 0.6) is 0 Å². The first-order valence-corrected chi connectivity index (χ1v) is 9.10. The molecule has 0 aliphatic carbocycles. The van der Waals surface area contributed by atoms with E-state index in [4.69, 9.17) is 0 Å². The monoisotopic (exact) mass is 385 g/mol. The molecule has 0 radical (unpaired) electrons. The number of aryl methyl sites for hydroxylation is 4. The Bertz CT molecular complexity index is 1110. The predicted molar refractivity (Wildman–Crippen MR) is 103 cm³/mol. The molecule has 0 bridgehead atoms. The van der Waals surface area contributed by atoms with Gasteiger partial charge in [0, 0.05) is 16.8 Å². The van der Waals surface area contributed by atoms with Crippen LogP contribution in [0.15, 0.2) is 29.2 Å². The van der Waals surface area contributed by atoms with Crippen molar-refractivity contribution in [1.29, 1.82) is 0 Å². The molecule has 2 aromatic heterocycles. The highest BCUT2D eigenvalue weighted by Crippen LogP contribution is 2.20. The summed E-state index contributed by atoms with van der Waals surface area (Å²) < 4.78 is 1.38. The van der Waals surface area contributed by atoms with E-state index in [0.717, 1.165) is 16.0 Å². The zero-order valence-corrected chi connectivity index (χ0v) is 16.2. The highest BCUT2D eigenvalue weighted by atomic mass is 32.1. The summed E-state index contributed by atoms with van der Waals surface area (Å²) in [4.78, 5) is 42.7. The van der Waals surface area contributed by atoms with Gasteiger partial charge in [-0.1, -0.05) is 29.3 Å². The first kappa shape index (κ1) is 18.8. The fourth-order valence-corrected chi connectivity index (χ4v) is 3.93. The van der Waals surface area contributed by atoms with E-state index in [0.29, 0.717) is 16.2 Å². The number of nitrogens with zero attached hydrogens (tertiary/aromatic N) is 2. The van der Waals surface area contributed by atoms with Crippen LogP contribution >= 0.6 is 11.3 Å². The van der Waals surface area contributed by atoms with E-state index in [1.807, 2.05) is 26.8 Å². The average molecular weight is 385 g/mol. The second-order valence-corrected chi connectivity index (χ2v) is 7.69. The van der Waals surface area contributed by atoms with Crippen molar-refractivity contribution in [2.24, 2.45) is 0 Å². The van der Waals surface area contributed by atoms with E-state index in [-0.39, 0.29) is 5.56 Å². The number of aromatic nitrogens is 2. The van der Waals surface area contributed by atoms with Crippen molar-refractivity contribution in [3.8, 4) is 0 Å². The minimum absolute atomic E-state index is 0.191. The molecule has 3 aromatic rings. The van der Waals surface area contributed by atoms with Crippen molar-refractivity contribution < 1.29 is 14.7 Å². The van der Waals surface area contributed by atoms with Crippen LogP contribution in [-0.2, 0) is 4.79 Å². The van der Waals surface area contributed by atoms with E-state index in [9.17, 15) is 19.5 Å². The fourth-order valence-electron chi connectivity index (χ4n) is 3.00. The van der Waals surface area contributed by atoms with Gasteiger partial charge in [-0.2, -0.15) is 0 Å². The number of thiazole rings is 1. The van der Waals surface area contributed by atoms with Gasteiger partial charge >= 0.3 is 5.97 Å². The number of carboxylic acids is 1. The van der Waals surface area contributed by atoms with Gasteiger partial charge < -0.3 is 10.4 Å². The van der Waals surface area contributed by atoms with E-state index in [2.05, 4.69) is 10.3 Å². The minimum atomic E-state index is -1.26. The number of carboxylic acid groups (broad SMARTS) is 1. The number of carbonyl (C=O) groups is 2. The Morgan fingerprint density at radius 3 is 2.37 bits per heavy atom. The second kappa shape index (κ2) is 6.96. The molecule has 1 unspecified atom stereocenters. The maximum Gasteiger partial charge on any atom is 0.330 e. The van der Waals surface area contributed by atoms with Crippen LogP contribution in [0.1, 0.15) is 43.7 Å². The Morgan fingerprint density at radius 2 is 1.78 bits per heavy atom. The Kier molecular flexibility index (Phi) is 4.84. The van der Waals surface area contributed by atoms with Gasteiger partial charge in [0.15, 0.2) is 11.0 Å². The fraction of sp³-hybridized carbons (Fsp3) is 0.263. The van der Waals surface area contributed by atoms with Crippen molar-refractivity contribution in [3.05, 3.63) is 67.6 Å². The van der Waals surface area contributed by atoms with Crippen LogP contribution in [0.2, 0.25) is 0 Å². The normalized spacial score (nSPS) is 12.1. The number of fused-ring (bicyclic) bond motifs is 1. The molecule has 2 heterocycles. The van der Waals surface area contributed by atoms with Gasteiger partial charge in [-0.25, -0.2) is 9.78 Å². The van der Waals surface area contributed by atoms with E-state index in [1.165, 1.54) is 21.9 Å². The minimum Gasteiger partial charge on any atom is -0.479 e. The summed E-state index contributed by atoms with van der Waals surface area (Å²) in [5.41, 5.74) is 2.24. The third-order valence-electron chi connectivity index (χ3n) is 4.36. The molecule has 1 amide bonds. The third-order valence-corrected chi connectivity index (χ3v) is 5.43. The van der Waals surface area contributed by atoms with Crippen molar-refractivity contribution in [1.82, 2.24) is 14.7 Å². The molecule has 0 saturated heterocycles. The largest absolute Gasteiger partial charge is 0.479 e. The molecule has 0 spiro atoms. The maximum absolute atomic E-state index is 12.7. The van der Waals surface area contributed by atoms with Gasteiger partial charge in [0.2, 0.25) is 0 Å². The zero-order valence-electron chi connectivity index (χ0n) is 15.4. The van der Waals surface area contributed by atoms with Gasteiger partial charge in [0.25, 0.3) is 11.5 Å². The summed E-state index contributed by atoms with van der Waals surface area (Å²) >= 11 is 1.36. The molecule has 8 heteroatoms. The van der Waals surface area contributed by atoms with E-state index in [1.54, 1.807) is 19.1 Å². The predicted octanol–water partition coefficient (Wildman–Crippen LogP) is 2.55. The van der Waals surface area contributed by atoms with Crippen molar-refractivity contribution in [3.63, 3.8) is 0 Å². The molecule has 2 N–H and O–H groups in total. The number of hydrogen-bond acceptors (Lipinski definition) is 5. The van der Waals surface area contributed by atoms with Gasteiger partial charge in [-0.3, -0.25) is 14.0 Å². The Balaban J connectivity index is 2.01. The molecule has 0 saturated carbocycles. The zero-order chi connectivity index (χ0) is 19.9. The summed E-state index contributed by atoms with van der Waals surface area (Å²) in [6, 6.07) is 4.05. The summed E-state index contributed by atoms with van der Waals surface area (Å²) in [6.07, 6.45) is 1.20. The molecule has 7 nitrogen and oxygen atoms in total. The van der Waals surface area contributed by atoms with Gasteiger partial charge in [-0.15, -0.1) is 11.3 Å². The quantitative estimate of drug-likeness (QED) is 0.719. The molecule has 27 heavy (non-hydrogen) atoms. The number of hydrogen-bond donors (Lipinski definition) is 2. The van der Waals surface area contributed by atoms with Crippen molar-refractivity contribution in [2.45, 2.75) is 33.7 Å². The van der Waals surface area contributed by atoms with Crippen molar-refractivity contribution in [2.75, 3.05) is 0 Å². The lowest BCUT2D eigenvalue weighted by Gasteiger charge is -2.16. The molecule has 3 rings (SSSR count). The number of nitrogens with one attached hydrogen (secondary N) is 1. The summed E-state index contributed by atoms with van der Waals surface area (Å²) in [5.74, 6) is -1.97. The van der Waals surface area contributed by atoms with Crippen LogP contribution in [0.4, 0.5) is 0 Å². The van der Waals surface area contributed by atoms with E-state index < -0.39 is 23.5 Å². The van der Waals surface area contributed by atoms with Gasteiger partial charge in [-0.05, 0) is 33.3 Å². The van der Waals surface area contributed by atoms with Crippen LogP contribution in [-0.4, -0.2) is 26.4 Å². The smallest absolute Gasteiger partial charge is 0.330 e. The van der Waals surface area contributed by atoms with Gasteiger partial charge in [0.05, 0.1) is 0 Å². The molecular weight excluding hydrogens is 366 g/mol. The van der Waals surface area contributed by atoms with E-state index >= 15 is 0 Å². The molecule has 140 valence electrons. The highest BCUT2D eigenvalue weighted by Gasteiger charge is 2.25. The summed E-state index contributed by atoms with van der Waals surface area (Å²) in [5, 5.41) is 12.0. The average Bonchev–Trinajstić information content (AvgIpc) is 2.86. The number of benzene rings is 1. The molecule has 1 atom stereocenters. The standard InChI is InChI=1S/C19H19N3O4S/c1-9-5-10(2)7-13(6-9)15(18(25)26)21-16(23)14-8-20-19-22(17(14)24)11(3)12(4)27-19/h5-8,15H,1-4H3,(H,21,23)(H,25,26). The van der Waals surface area contributed by atoms with Crippen molar-refractivity contribution >= 4 is 28.2 Å². The van der Waals surface area contributed by atoms with Crippen LogP contribution in [0, 0.1) is 27.7 Å². The summed E-state index contributed by atoms with van der Waals surface area (Å²) in [7, 11) is 0. The molecule has 0 aliphatic heterocycles. The summed E-state index contributed by atoms with van der Waals surface area (Å²) in [6.45, 7) is 7.35. The number of rotatable bonds is 4.